The van der Waals surface area contributed by atoms with Crippen LogP contribution in [0.4, 0.5) is 0 Å². The van der Waals surface area contributed by atoms with Crippen LogP contribution in [0.3, 0.4) is 0 Å². The zero-order valence-electron chi connectivity index (χ0n) is 10.7. The number of pyridine rings is 1. The third kappa shape index (κ3) is 2.92. The van der Waals surface area contributed by atoms with Crippen molar-refractivity contribution >= 4 is 10.9 Å². The highest BCUT2D eigenvalue weighted by atomic mass is 16.7. The van der Waals surface area contributed by atoms with Gasteiger partial charge in [0.2, 0.25) is 0 Å². The van der Waals surface area contributed by atoms with E-state index in [0.717, 1.165) is 16.5 Å². The molecular weight excluding hydrogens is 242 g/mol. The van der Waals surface area contributed by atoms with Gasteiger partial charge in [0.15, 0.2) is 6.29 Å². The molecule has 3 rings (SSSR count). The summed E-state index contributed by atoms with van der Waals surface area (Å²) in [7, 11) is 0. The van der Waals surface area contributed by atoms with Crippen LogP contribution in [0.5, 0.6) is 0 Å². The molecule has 2 heterocycles. The van der Waals surface area contributed by atoms with Crippen molar-refractivity contribution in [2.45, 2.75) is 25.2 Å². The van der Waals surface area contributed by atoms with Gasteiger partial charge in [-0.1, -0.05) is 18.2 Å². The first-order valence-electron chi connectivity index (χ1n) is 6.57. The highest BCUT2D eigenvalue weighted by Crippen LogP contribution is 2.20. The number of hydrogen-bond donors (Lipinski definition) is 1. The molecule has 1 aromatic carbocycles. The van der Waals surface area contributed by atoms with E-state index in [9.17, 15) is 5.11 Å². The number of para-hydroxylation sites is 1. The minimum atomic E-state index is -0.464. The lowest BCUT2D eigenvalue weighted by molar-refractivity contribution is -0.0697. The standard InChI is InChI=1S/C15H17NO3/c17-12(10-15-18-7-8-19-15)9-11-5-6-16-14-4-2-1-3-13(11)14/h1-6,12,15,17H,7-10H2. The van der Waals surface area contributed by atoms with E-state index in [2.05, 4.69) is 4.98 Å². The third-order valence-electron chi connectivity index (χ3n) is 3.35. The van der Waals surface area contributed by atoms with E-state index in [1.807, 2.05) is 30.3 Å². The summed E-state index contributed by atoms with van der Waals surface area (Å²) in [4.78, 5) is 4.32. The van der Waals surface area contributed by atoms with Crippen molar-refractivity contribution in [3.05, 3.63) is 42.1 Å². The number of aliphatic hydroxyl groups excluding tert-OH is 1. The molecule has 0 saturated carbocycles. The van der Waals surface area contributed by atoms with E-state index < -0.39 is 6.10 Å². The Bertz CT molecular complexity index is 547. The van der Waals surface area contributed by atoms with Gasteiger partial charge in [0.05, 0.1) is 24.8 Å². The Balaban J connectivity index is 1.73. The van der Waals surface area contributed by atoms with Gasteiger partial charge in [0.1, 0.15) is 0 Å². The van der Waals surface area contributed by atoms with Crippen molar-refractivity contribution in [1.29, 1.82) is 0 Å². The van der Waals surface area contributed by atoms with Crippen molar-refractivity contribution in [3.8, 4) is 0 Å². The van der Waals surface area contributed by atoms with Crippen LogP contribution in [0.1, 0.15) is 12.0 Å². The van der Waals surface area contributed by atoms with Crippen molar-refractivity contribution in [2.24, 2.45) is 0 Å². The largest absolute Gasteiger partial charge is 0.393 e. The van der Waals surface area contributed by atoms with Gasteiger partial charge in [-0.3, -0.25) is 4.98 Å². The van der Waals surface area contributed by atoms with Gasteiger partial charge in [-0.15, -0.1) is 0 Å². The molecule has 1 aliphatic rings. The molecule has 0 bridgehead atoms. The van der Waals surface area contributed by atoms with Gasteiger partial charge in [-0.2, -0.15) is 0 Å². The van der Waals surface area contributed by atoms with Gasteiger partial charge in [0.25, 0.3) is 0 Å². The Morgan fingerprint density at radius 3 is 2.84 bits per heavy atom. The molecule has 1 unspecified atom stereocenters. The highest BCUT2D eigenvalue weighted by Gasteiger charge is 2.20. The van der Waals surface area contributed by atoms with Gasteiger partial charge in [0, 0.05) is 18.0 Å². The van der Waals surface area contributed by atoms with Gasteiger partial charge in [-0.05, 0) is 24.1 Å². The molecule has 4 nitrogen and oxygen atoms in total. The molecule has 0 spiro atoms. The first-order chi connectivity index (χ1) is 9.33. The molecular formula is C15H17NO3. The Kier molecular flexibility index (Phi) is 3.73. The molecule has 4 heteroatoms. The molecule has 1 atom stereocenters. The van der Waals surface area contributed by atoms with Crippen LogP contribution in [-0.2, 0) is 15.9 Å². The van der Waals surface area contributed by atoms with Crippen LogP contribution >= 0.6 is 0 Å². The summed E-state index contributed by atoms with van der Waals surface area (Å²) in [5.41, 5.74) is 2.07. The first kappa shape index (κ1) is 12.5. The maximum Gasteiger partial charge on any atom is 0.160 e. The van der Waals surface area contributed by atoms with Crippen molar-refractivity contribution in [2.75, 3.05) is 13.2 Å². The second-order valence-electron chi connectivity index (χ2n) is 4.75. The number of rotatable bonds is 4. The predicted molar refractivity (Wildman–Crippen MR) is 71.8 cm³/mol. The smallest absolute Gasteiger partial charge is 0.160 e. The molecule has 1 N–H and O–H groups in total. The van der Waals surface area contributed by atoms with E-state index in [0.29, 0.717) is 26.1 Å². The lowest BCUT2D eigenvalue weighted by atomic mass is 10.0. The fourth-order valence-electron chi connectivity index (χ4n) is 2.44. The van der Waals surface area contributed by atoms with Crippen LogP contribution in [0.15, 0.2) is 36.5 Å². The maximum absolute atomic E-state index is 10.1. The third-order valence-corrected chi connectivity index (χ3v) is 3.35. The fraction of sp³-hybridized carbons (Fsp3) is 0.400. The van der Waals surface area contributed by atoms with Crippen LogP contribution < -0.4 is 0 Å². The van der Waals surface area contributed by atoms with Gasteiger partial charge in [-0.25, -0.2) is 0 Å². The summed E-state index contributed by atoms with van der Waals surface area (Å²) in [6.07, 6.45) is 2.16. The second kappa shape index (κ2) is 5.65. The second-order valence-corrected chi connectivity index (χ2v) is 4.75. The van der Waals surface area contributed by atoms with Gasteiger partial charge >= 0.3 is 0 Å². The first-order valence-corrected chi connectivity index (χ1v) is 6.57. The van der Waals surface area contributed by atoms with E-state index in [1.165, 1.54) is 0 Å². The molecule has 0 radical (unpaired) electrons. The summed E-state index contributed by atoms with van der Waals surface area (Å²) in [6, 6.07) is 9.93. The topological polar surface area (TPSA) is 51.6 Å². The molecule has 1 aliphatic heterocycles. The lowest BCUT2D eigenvalue weighted by Gasteiger charge is -2.15. The number of hydrogen-bond acceptors (Lipinski definition) is 4. The van der Waals surface area contributed by atoms with Crippen molar-refractivity contribution in [1.82, 2.24) is 4.98 Å². The highest BCUT2D eigenvalue weighted by molar-refractivity contribution is 5.81. The normalized spacial score (nSPS) is 17.9. The van der Waals surface area contributed by atoms with Crippen LogP contribution in [0, 0.1) is 0 Å². The summed E-state index contributed by atoms with van der Waals surface area (Å²) >= 11 is 0. The predicted octanol–water partition coefficient (Wildman–Crippen LogP) is 1.90. The van der Waals surface area contributed by atoms with E-state index in [4.69, 9.17) is 9.47 Å². The van der Waals surface area contributed by atoms with E-state index in [-0.39, 0.29) is 6.29 Å². The van der Waals surface area contributed by atoms with Gasteiger partial charge < -0.3 is 14.6 Å². The molecule has 1 fully saturated rings. The number of nitrogens with zero attached hydrogens (tertiary/aromatic N) is 1. The Hall–Kier alpha value is -1.49. The number of ether oxygens (including phenoxy) is 2. The zero-order valence-corrected chi connectivity index (χ0v) is 10.7. The zero-order chi connectivity index (χ0) is 13.1. The lowest BCUT2D eigenvalue weighted by Crippen LogP contribution is -2.20. The summed E-state index contributed by atoms with van der Waals surface area (Å²) in [6.45, 7) is 1.24. The average molecular weight is 259 g/mol. The average Bonchev–Trinajstić information content (AvgIpc) is 2.92. The summed E-state index contributed by atoms with van der Waals surface area (Å²) in [5.74, 6) is 0. The fourth-order valence-corrected chi connectivity index (χ4v) is 2.44. The number of benzene rings is 1. The Labute approximate surface area is 112 Å². The minimum Gasteiger partial charge on any atom is -0.393 e. The number of fused-ring (bicyclic) bond motifs is 1. The molecule has 0 amide bonds. The Morgan fingerprint density at radius 2 is 2.00 bits per heavy atom. The van der Waals surface area contributed by atoms with E-state index in [1.54, 1.807) is 6.20 Å². The number of aromatic nitrogens is 1. The van der Waals surface area contributed by atoms with Crippen LogP contribution in [0.2, 0.25) is 0 Å². The SMILES string of the molecule is OC(Cc1ccnc2ccccc12)CC1OCCO1. The molecule has 2 aromatic rings. The molecule has 19 heavy (non-hydrogen) atoms. The Morgan fingerprint density at radius 1 is 1.21 bits per heavy atom. The van der Waals surface area contributed by atoms with Crippen LogP contribution in [-0.4, -0.2) is 35.7 Å². The quantitative estimate of drug-likeness (QED) is 0.911. The maximum atomic E-state index is 10.1. The number of aliphatic hydroxyl groups is 1. The molecule has 1 aromatic heterocycles. The molecule has 1 saturated heterocycles. The van der Waals surface area contributed by atoms with Crippen LogP contribution in [0.25, 0.3) is 10.9 Å². The summed E-state index contributed by atoms with van der Waals surface area (Å²) in [5, 5.41) is 11.2. The van der Waals surface area contributed by atoms with Crippen molar-refractivity contribution in [3.63, 3.8) is 0 Å². The minimum absolute atomic E-state index is 0.261. The van der Waals surface area contributed by atoms with E-state index >= 15 is 0 Å². The molecule has 0 aliphatic carbocycles. The molecule has 100 valence electrons. The summed E-state index contributed by atoms with van der Waals surface area (Å²) < 4.78 is 10.7. The monoisotopic (exact) mass is 259 g/mol. The van der Waals surface area contributed by atoms with Crippen molar-refractivity contribution < 1.29 is 14.6 Å².